The molecular weight excluding hydrogens is 1070 g/mol. The maximum absolute atomic E-state index is 13.3. The predicted molar refractivity (Wildman–Crippen MR) is 346 cm³/mol. The summed E-state index contributed by atoms with van der Waals surface area (Å²) in [4.78, 5) is 13.3. The fourth-order valence-electron chi connectivity index (χ4n) is 11.6. The molecule has 2 saturated heterocycles. The van der Waals surface area contributed by atoms with Gasteiger partial charge in [-0.25, -0.2) is 0 Å². The lowest BCUT2D eigenvalue weighted by Gasteiger charge is -2.46. The van der Waals surface area contributed by atoms with Gasteiger partial charge in [-0.05, 0) is 70.6 Å². The number of amides is 1. The first-order valence-electron chi connectivity index (χ1n) is 35.4. The Morgan fingerprint density at radius 3 is 1.15 bits per heavy atom. The summed E-state index contributed by atoms with van der Waals surface area (Å²) in [5.74, 6) is -0.251. The molecule has 14 heteroatoms. The summed E-state index contributed by atoms with van der Waals surface area (Å²) < 4.78 is 22.8. The number of hydrogen-bond donors (Lipinski definition) is 9. The van der Waals surface area contributed by atoms with E-state index in [0.717, 1.165) is 44.9 Å². The fraction of sp³-hybridized carbons (Fsp3) is 0.873. The van der Waals surface area contributed by atoms with E-state index >= 15 is 0 Å². The summed E-state index contributed by atoms with van der Waals surface area (Å²) in [7, 11) is 0. The molecule has 2 fully saturated rings. The number of unbranched alkanes of at least 4 members (excludes halogenated alkanes) is 39. The van der Waals surface area contributed by atoms with Gasteiger partial charge in [-0.1, -0.05) is 274 Å². The van der Waals surface area contributed by atoms with Crippen LogP contribution in [0.25, 0.3) is 0 Å². The minimum absolute atomic E-state index is 0.251. The van der Waals surface area contributed by atoms with Gasteiger partial charge >= 0.3 is 0 Å². The Kier molecular flexibility index (Phi) is 52.1. The van der Waals surface area contributed by atoms with Crippen molar-refractivity contribution in [2.24, 2.45) is 0 Å². The van der Waals surface area contributed by atoms with Crippen LogP contribution in [0.4, 0.5) is 0 Å². The van der Waals surface area contributed by atoms with Gasteiger partial charge in [0.15, 0.2) is 12.6 Å². The topological polar surface area (TPSA) is 228 Å². The summed E-state index contributed by atoms with van der Waals surface area (Å²) in [5, 5.41) is 87.4. The fourth-order valence-corrected chi connectivity index (χ4v) is 11.6. The van der Waals surface area contributed by atoms with Crippen LogP contribution in [0.2, 0.25) is 0 Å². The maximum atomic E-state index is 13.3. The molecule has 2 heterocycles. The molecule has 9 N–H and O–H groups in total. The van der Waals surface area contributed by atoms with Gasteiger partial charge < -0.3 is 65.1 Å². The number of nitrogens with one attached hydrogen (secondary N) is 1. The van der Waals surface area contributed by atoms with E-state index in [1.807, 2.05) is 6.08 Å². The minimum atomic E-state index is -1.79. The van der Waals surface area contributed by atoms with Gasteiger partial charge in [-0.2, -0.15) is 0 Å². The van der Waals surface area contributed by atoms with Crippen LogP contribution in [0.15, 0.2) is 48.6 Å². The Morgan fingerprint density at radius 2 is 0.753 bits per heavy atom. The van der Waals surface area contributed by atoms with E-state index in [4.69, 9.17) is 18.9 Å². The number of hydrogen-bond acceptors (Lipinski definition) is 13. The summed E-state index contributed by atoms with van der Waals surface area (Å²) in [5.41, 5.74) is 0. The summed E-state index contributed by atoms with van der Waals surface area (Å²) in [6.45, 7) is 2.81. The van der Waals surface area contributed by atoms with Gasteiger partial charge in [0.05, 0.1) is 32.0 Å². The summed E-state index contributed by atoms with van der Waals surface area (Å²) in [6.07, 6.45) is 56.0. The number of rotatable bonds is 58. The van der Waals surface area contributed by atoms with E-state index in [1.54, 1.807) is 6.08 Å². The molecule has 12 unspecified atom stereocenters. The number of aliphatic hydroxyl groups is 8. The average Bonchev–Trinajstić information content (AvgIpc) is 3.68. The molecule has 0 saturated carbocycles. The zero-order chi connectivity index (χ0) is 61.6. The standard InChI is InChI=1S/C71H131NO13/c1-3-5-7-9-11-13-15-17-19-21-23-25-27-28-29-30-31-33-34-36-38-40-42-44-46-48-50-52-54-60(75)59(58-82-70-68(81)66(79)69(62(57-74)84-70)85-71-67(80)65(78)64(77)61(56-73)83-71)72-63(76)55-53-51-49-47-45-43-41-39-37-35-32-26-24-22-20-18-16-14-12-10-8-6-4-2/h22,24,36,38,44,46,52,54,59-62,64-71,73-75,77-81H,3-21,23,25-35,37,39-43,45,47-51,53,55-58H2,1-2H3,(H,72,76)/b24-22-,38-36+,46-44+,54-52+. The van der Waals surface area contributed by atoms with Crippen molar-refractivity contribution in [1.82, 2.24) is 5.32 Å². The highest BCUT2D eigenvalue weighted by Gasteiger charge is 2.51. The van der Waals surface area contributed by atoms with Crippen molar-refractivity contribution in [3.8, 4) is 0 Å². The van der Waals surface area contributed by atoms with Crippen LogP contribution < -0.4 is 5.32 Å². The van der Waals surface area contributed by atoms with Crippen molar-refractivity contribution < 1.29 is 64.6 Å². The molecule has 85 heavy (non-hydrogen) atoms. The third kappa shape index (κ3) is 40.3. The van der Waals surface area contributed by atoms with Crippen molar-refractivity contribution in [3.63, 3.8) is 0 Å². The van der Waals surface area contributed by atoms with Crippen molar-refractivity contribution in [2.45, 2.75) is 376 Å². The molecule has 0 bridgehead atoms. The first-order valence-corrected chi connectivity index (χ1v) is 35.4. The van der Waals surface area contributed by atoms with Crippen LogP contribution in [0.5, 0.6) is 0 Å². The van der Waals surface area contributed by atoms with Crippen molar-refractivity contribution in [3.05, 3.63) is 48.6 Å². The zero-order valence-corrected chi connectivity index (χ0v) is 54.1. The molecule has 498 valence electrons. The van der Waals surface area contributed by atoms with E-state index in [2.05, 4.69) is 55.6 Å². The molecule has 0 aliphatic carbocycles. The molecule has 14 nitrogen and oxygen atoms in total. The van der Waals surface area contributed by atoms with Crippen LogP contribution in [0.1, 0.15) is 303 Å². The molecule has 0 aromatic carbocycles. The van der Waals surface area contributed by atoms with Crippen molar-refractivity contribution in [2.75, 3.05) is 19.8 Å². The molecule has 0 aromatic rings. The van der Waals surface area contributed by atoms with Crippen LogP contribution in [0.3, 0.4) is 0 Å². The molecule has 2 rings (SSSR count). The molecule has 2 aliphatic rings. The SMILES string of the molecule is CCCCCCCCCC/C=C\CCCCCCCCCCCCCC(=O)NC(COC1OC(CO)C(OC2OC(CO)C(O)C(O)C2O)C(O)C1O)C(O)/C=C/CC/C=C/CC/C=C/CCCCCCCCCCCCCCCCCCCC. The average molecular weight is 1210 g/mol. The quantitative estimate of drug-likeness (QED) is 0.0204. The van der Waals surface area contributed by atoms with Crippen molar-refractivity contribution in [1.29, 1.82) is 0 Å². The second-order valence-corrected chi connectivity index (χ2v) is 25.0. The van der Waals surface area contributed by atoms with Gasteiger partial charge in [-0.15, -0.1) is 0 Å². The van der Waals surface area contributed by atoms with E-state index < -0.39 is 86.8 Å². The van der Waals surface area contributed by atoms with Crippen LogP contribution in [-0.2, 0) is 23.7 Å². The van der Waals surface area contributed by atoms with E-state index in [1.165, 1.54) is 225 Å². The lowest BCUT2D eigenvalue weighted by molar-refractivity contribution is -0.359. The predicted octanol–water partition coefficient (Wildman–Crippen LogP) is 14.3. The van der Waals surface area contributed by atoms with Gasteiger partial charge in [-0.3, -0.25) is 4.79 Å². The first-order chi connectivity index (χ1) is 41.6. The first kappa shape index (κ1) is 79.0. The summed E-state index contributed by atoms with van der Waals surface area (Å²) in [6, 6.07) is -0.940. The molecule has 0 aromatic heterocycles. The smallest absolute Gasteiger partial charge is 0.220 e. The molecule has 0 spiro atoms. The Hall–Kier alpha value is -2.05. The van der Waals surface area contributed by atoms with Gasteiger partial charge in [0.2, 0.25) is 5.91 Å². The summed E-state index contributed by atoms with van der Waals surface area (Å²) >= 11 is 0. The van der Waals surface area contributed by atoms with Crippen LogP contribution in [-0.4, -0.2) is 140 Å². The lowest BCUT2D eigenvalue weighted by atomic mass is 9.97. The number of ether oxygens (including phenoxy) is 4. The normalized spacial score (nSPS) is 23.8. The van der Waals surface area contributed by atoms with E-state index in [0.29, 0.717) is 12.8 Å². The van der Waals surface area contributed by atoms with E-state index in [9.17, 15) is 45.6 Å². The van der Waals surface area contributed by atoms with Crippen LogP contribution in [0, 0.1) is 0 Å². The molecule has 2 aliphatic heterocycles. The monoisotopic (exact) mass is 1210 g/mol. The Bertz CT molecular complexity index is 1610. The zero-order valence-electron chi connectivity index (χ0n) is 54.1. The van der Waals surface area contributed by atoms with Gasteiger partial charge in [0.1, 0.15) is 48.8 Å². The van der Waals surface area contributed by atoms with Crippen LogP contribution >= 0.6 is 0 Å². The van der Waals surface area contributed by atoms with E-state index in [-0.39, 0.29) is 18.9 Å². The number of carbonyl (C=O) groups excluding carboxylic acids is 1. The molecule has 12 atom stereocenters. The largest absolute Gasteiger partial charge is 0.394 e. The van der Waals surface area contributed by atoms with Gasteiger partial charge in [0.25, 0.3) is 0 Å². The Morgan fingerprint density at radius 1 is 0.412 bits per heavy atom. The number of aliphatic hydroxyl groups excluding tert-OH is 8. The second-order valence-electron chi connectivity index (χ2n) is 25.0. The second kappa shape index (κ2) is 56.0. The molecule has 0 radical (unpaired) electrons. The maximum Gasteiger partial charge on any atom is 0.220 e. The lowest BCUT2D eigenvalue weighted by Crippen LogP contribution is -2.65. The highest BCUT2D eigenvalue weighted by atomic mass is 16.7. The van der Waals surface area contributed by atoms with Crippen molar-refractivity contribution >= 4 is 5.91 Å². The minimum Gasteiger partial charge on any atom is -0.394 e. The third-order valence-corrected chi connectivity index (χ3v) is 17.2. The van der Waals surface area contributed by atoms with Gasteiger partial charge in [0, 0.05) is 6.42 Å². The Balaban J connectivity index is 1.71. The number of carbonyl (C=O) groups is 1. The highest BCUT2D eigenvalue weighted by Crippen LogP contribution is 2.30. The highest BCUT2D eigenvalue weighted by molar-refractivity contribution is 5.76. The molecule has 1 amide bonds. The molecular formula is C71H131NO13. The number of allylic oxidation sites excluding steroid dienone is 7. The Labute approximate surface area is 518 Å². The third-order valence-electron chi connectivity index (χ3n) is 17.2.